The molecule has 10 heteroatoms. The first-order valence-electron chi connectivity index (χ1n) is 0. The SMILES string of the molecule is O.O.O.O.O.O.[Cl-].[Cl-].[Cl-].[Eu+2]. The molecule has 0 heterocycles. The quantitative estimate of drug-likeness (QED) is 0.394. The fourth-order valence-electron chi connectivity index (χ4n) is 0. The van der Waals surface area contributed by atoms with Crippen LogP contribution in [0.1, 0.15) is 0 Å². The van der Waals surface area contributed by atoms with E-state index >= 15 is 0 Å². The van der Waals surface area contributed by atoms with Crippen LogP contribution in [0.5, 0.6) is 0 Å². The minimum absolute atomic E-state index is 0. The Balaban J connectivity index is 0. The first-order chi connectivity index (χ1) is 0. The summed E-state index contributed by atoms with van der Waals surface area (Å²) in [7, 11) is 0. The minimum atomic E-state index is 0. The molecule has 77 valence electrons. The van der Waals surface area contributed by atoms with Crippen molar-refractivity contribution in [3.05, 3.63) is 0 Å². The maximum absolute atomic E-state index is 0. The largest absolute Gasteiger partial charge is 2.00 e. The molecule has 0 saturated carbocycles. The van der Waals surface area contributed by atoms with E-state index in [9.17, 15) is 0 Å². The molecule has 12 N–H and O–H groups in total. The van der Waals surface area contributed by atoms with Crippen LogP contribution in [0.25, 0.3) is 0 Å². The average Bonchev–Trinajstić information content (AvgIpc) is 0. The summed E-state index contributed by atoms with van der Waals surface area (Å²) in [6.45, 7) is 0. The molecule has 0 unspecified atom stereocenters. The molecule has 0 aliphatic carbocycles. The van der Waals surface area contributed by atoms with Gasteiger partial charge in [0.05, 0.1) is 0 Å². The maximum Gasteiger partial charge on any atom is 2.00 e. The monoisotopic (exact) mass is 366 g/mol. The van der Waals surface area contributed by atoms with E-state index in [1.807, 2.05) is 0 Å². The van der Waals surface area contributed by atoms with Gasteiger partial charge in [-0.15, -0.1) is 0 Å². The Labute approximate surface area is 118 Å². The molecular formula is H12Cl3EuO6-. The van der Waals surface area contributed by atoms with Crippen LogP contribution >= 0.6 is 0 Å². The Morgan fingerprint density at radius 2 is 0.300 bits per heavy atom. The van der Waals surface area contributed by atoms with Crippen LogP contribution in [0.15, 0.2) is 0 Å². The maximum atomic E-state index is 0. The van der Waals surface area contributed by atoms with Crippen LogP contribution in [0.3, 0.4) is 0 Å². The zero-order chi connectivity index (χ0) is 0. The smallest absolute Gasteiger partial charge is 1.00 e. The zero-order valence-electron chi connectivity index (χ0n) is 4.51. The molecule has 1 radical (unpaired) electrons. The normalized spacial score (nSPS) is 0. The number of rotatable bonds is 0. The van der Waals surface area contributed by atoms with E-state index in [0.717, 1.165) is 0 Å². The van der Waals surface area contributed by atoms with E-state index in [0.29, 0.717) is 0 Å². The van der Waals surface area contributed by atoms with Crippen molar-refractivity contribution in [2.24, 2.45) is 0 Å². The average molecular weight is 366 g/mol. The molecule has 0 rings (SSSR count). The molecule has 0 aliphatic rings. The third kappa shape index (κ3) is 177. The molecule has 0 aromatic heterocycles. The van der Waals surface area contributed by atoms with Crippen molar-refractivity contribution in [2.45, 2.75) is 0 Å². The molecule has 0 spiro atoms. The summed E-state index contributed by atoms with van der Waals surface area (Å²) in [5.41, 5.74) is 0. The third-order valence-corrected chi connectivity index (χ3v) is 0. The van der Waals surface area contributed by atoms with Gasteiger partial charge in [-0.05, 0) is 0 Å². The van der Waals surface area contributed by atoms with Gasteiger partial charge in [0.15, 0.2) is 0 Å². The van der Waals surface area contributed by atoms with Crippen LogP contribution in [-0.4, -0.2) is 32.9 Å². The summed E-state index contributed by atoms with van der Waals surface area (Å²) >= 11 is 0. The van der Waals surface area contributed by atoms with Crippen LogP contribution in [0.4, 0.5) is 0 Å². The summed E-state index contributed by atoms with van der Waals surface area (Å²) < 4.78 is 0. The van der Waals surface area contributed by atoms with Gasteiger partial charge in [-0.2, -0.15) is 0 Å². The summed E-state index contributed by atoms with van der Waals surface area (Å²) in [4.78, 5) is 0. The van der Waals surface area contributed by atoms with E-state index in [1.54, 1.807) is 0 Å². The summed E-state index contributed by atoms with van der Waals surface area (Å²) in [5.74, 6) is 0. The van der Waals surface area contributed by atoms with Crippen LogP contribution in [0.2, 0.25) is 0 Å². The zero-order valence-corrected chi connectivity index (χ0v) is 9.20. The van der Waals surface area contributed by atoms with Gasteiger partial charge in [0.25, 0.3) is 0 Å². The molecule has 0 fully saturated rings. The van der Waals surface area contributed by atoms with Gasteiger partial charge in [0.2, 0.25) is 0 Å². The second-order valence-electron chi connectivity index (χ2n) is 0. The van der Waals surface area contributed by atoms with Gasteiger partial charge in [-0.25, -0.2) is 0 Å². The fraction of sp³-hybridized carbons (Fsp3) is 0. The fourth-order valence-corrected chi connectivity index (χ4v) is 0. The standard InChI is InChI=1S/3ClH.Eu.6H2O/h3*1H;;6*1H2/q;;;+2;;;;;;/p-3. The van der Waals surface area contributed by atoms with E-state index in [1.165, 1.54) is 0 Å². The van der Waals surface area contributed by atoms with E-state index in [-0.39, 0.29) is 119 Å². The number of hydrogen-bond acceptors (Lipinski definition) is 0. The molecule has 0 amide bonds. The topological polar surface area (TPSA) is 189 Å². The van der Waals surface area contributed by atoms with E-state index in [2.05, 4.69) is 0 Å². The van der Waals surface area contributed by atoms with Gasteiger partial charge in [-0.1, -0.05) is 0 Å². The molecule has 10 heavy (non-hydrogen) atoms. The van der Waals surface area contributed by atoms with Crippen LogP contribution in [0, 0.1) is 49.4 Å². The second kappa shape index (κ2) is 239. The summed E-state index contributed by atoms with van der Waals surface area (Å²) in [5, 5.41) is 0. The van der Waals surface area contributed by atoms with Gasteiger partial charge in [0.1, 0.15) is 0 Å². The van der Waals surface area contributed by atoms with Crippen molar-refractivity contribution in [2.75, 3.05) is 0 Å². The molecule has 6 nitrogen and oxygen atoms in total. The van der Waals surface area contributed by atoms with Crippen molar-refractivity contribution in [3.8, 4) is 0 Å². The molecule has 0 aromatic rings. The summed E-state index contributed by atoms with van der Waals surface area (Å²) in [6.07, 6.45) is 0. The molecule has 0 aliphatic heterocycles. The Hall–Kier alpha value is 2.21. The molecule has 0 atom stereocenters. The number of hydrogen-bond donors (Lipinski definition) is 0. The second-order valence-corrected chi connectivity index (χ2v) is 0. The van der Waals surface area contributed by atoms with Crippen molar-refractivity contribution < 1.29 is 119 Å². The van der Waals surface area contributed by atoms with Crippen molar-refractivity contribution in [1.82, 2.24) is 0 Å². The Morgan fingerprint density at radius 3 is 0.300 bits per heavy atom. The molecule has 0 aromatic carbocycles. The van der Waals surface area contributed by atoms with Gasteiger partial charge in [0, 0.05) is 0 Å². The number of halogens is 3. The first kappa shape index (κ1) is 313. The molecular weight excluding hydrogens is 354 g/mol. The Bertz CT molecular complexity index is 13.0. The Kier molecular flexibility index (Phi) is 7470. The molecule has 0 saturated heterocycles. The van der Waals surface area contributed by atoms with Gasteiger partial charge < -0.3 is 70.1 Å². The Morgan fingerprint density at radius 1 is 0.300 bits per heavy atom. The van der Waals surface area contributed by atoms with Crippen molar-refractivity contribution in [1.29, 1.82) is 0 Å². The minimum Gasteiger partial charge on any atom is -1.00 e. The van der Waals surface area contributed by atoms with Gasteiger partial charge >= 0.3 is 49.4 Å². The van der Waals surface area contributed by atoms with Crippen LogP contribution < -0.4 is 37.2 Å². The summed E-state index contributed by atoms with van der Waals surface area (Å²) in [6, 6.07) is 0. The first-order valence-corrected chi connectivity index (χ1v) is 0. The third-order valence-electron chi connectivity index (χ3n) is 0. The predicted molar refractivity (Wildman–Crippen MR) is 21.7 cm³/mol. The predicted octanol–water partition coefficient (Wildman–Crippen LogP) is -13.9. The molecule has 0 bridgehead atoms. The van der Waals surface area contributed by atoms with Crippen molar-refractivity contribution in [3.63, 3.8) is 0 Å². The van der Waals surface area contributed by atoms with Crippen molar-refractivity contribution >= 4 is 0 Å². The van der Waals surface area contributed by atoms with Gasteiger partial charge in [-0.3, -0.25) is 0 Å². The van der Waals surface area contributed by atoms with E-state index < -0.39 is 0 Å². The van der Waals surface area contributed by atoms with E-state index in [4.69, 9.17) is 0 Å². The van der Waals surface area contributed by atoms with Crippen LogP contribution in [-0.2, 0) is 0 Å².